The summed E-state index contributed by atoms with van der Waals surface area (Å²) in [5.41, 5.74) is 4.72. The van der Waals surface area contributed by atoms with Crippen LogP contribution in [0.25, 0.3) is 0 Å². The number of hydrogen-bond donors (Lipinski definition) is 1. The Kier molecular flexibility index (Phi) is 1.87. The molecule has 0 saturated carbocycles. The van der Waals surface area contributed by atoms with Crippen molar-refractivity contribution in [1.29, 1.82) is 0 Å². The van der Waals surface area contributed by atoms with Crippen LogP contribution in [0.1, 0.15) is 0 Å². The lowest BCUT2D eigenvalue weighted by Gasteiger charge is -1.62. The standard InChI is InChI=1S/H6NOPSi/c1-3(2)4/h3H,4H3,(H2,1,2). The first-order valence-electron chi connectivity index (χ1n) is 0.993. The molecule has 4 heavy (non-hydrogen) atoms. The molecule has 2 N–H and O–H groups in total. The smallest absolute Gasteiger partial charge is 0.102 e. The van der Waals surface area contributed by atoms with Gasteiger partial charge < -0.3 is 4.57 Å². The monoisotopic (exact) mass is 95.0 g/mol. The average molecular weight is 95.1 g/mol. The Morgan fingerprint density at radius 3 is 2.00 bits per heavy atom. The molecule has 0 bridgehead atoms. The molecule has 0 heterocycles. The van der Waals surface area contributed by atoms with Crippen molar-refractivity contribution in [2.45, 2.75) is 0 Å². The normalized spacial score (nSPS) is 16.2. The van der Waals surface area contributed by atoms with E-state index in [1.165, 1.54) is 0 Å². The Balaban J connectivity index is 2.80. The predicted molar refractivity (Wildman–Crippen MR) is 23.1 cm³/mol. The fourth-order valence-electron chi connectivity index (χ4n) is 0. The Morgan fingerprint density at radius 2 is 2.00 bits per heavy atom. The highest BCUT2D eigenvalue weighted by atomic mass is 31.4. The first kappa shape index (κ1) is 4.41. The second-order valence-corrected chi connectivity index (χ2v) is 4.79. The molecule has 1 atom stereocenters. The molecule has 0 rings (SSSR count). The molecule has 2 nitrogen and oxygen atoms in total. The van der Waals surface area contributed by atoms with Crippen molar-refractivity contribution in [3.05, 3.63) is 0 Å². The van der Waals surface area contributed by atoms with Crippen molar-refractivity contribution >= 4 is 17.4 Å². The van der Waals surface area contributed by atoms with Gasteiger partial charge in [0.25, 0.3) is 0 Å². The van der Waals surface area contributed by atoms with E-state index < -0.39 is 7.50 Å². The quantitative estimate of drug-likeness (QED) is 0.300. The average Bonchev–Trinajstić information content (AvgIpc) is 0.811. The molecule has 26 valence electrons. The van der Waals surface area contributed by atoms with Gasteiger partial charge in [-0.1, -0.05) is 0 Å². The van der Waals surface area contributed by atoms with Gasteiger partial charge in [-0.3, -0.25) is 5.50 Å². The van der Waals surface area contributed by atoms with Gasteiger partial charge >= 0.3 is 0 Å². The van der Waals surface area contributed by atoms with Gasteiger partial charge in [-0.2, -0.15) is 0 Å². The molecule has 4 heteroatoms. The van der Waals surface area contributed by atoms with Gasteiger partial charge in [0.15, 0.2) is 0 Å². The summed E-state index contributed by atoms with van der Waals surface area (Å²) in [6.07, 6.45) is 0. The third-order valence-electron chi connectivity index (χ3n) is 0. The second kappa shape index (κ2) is 1.70. The van der Waals surface area contributed by atoms with E-state index in [4.69, 9.17) is 5.50 Å². The zero-order valence-electron chi connectivity index (χ0n) is 2.49. The molecule has 0 saturated heterocycles. The highest BCUT2D eigenvalue weighted by Crippen LogP contribution is 1.89. The summed E-state index contributed by atoms with van der Waals surface area (Å²) in [7, 11) is -0.818. The van der Waals surface area contributed by atoms with Crippen LogP contribution in [0.15, 0.2) is 0 Å². The SMILES string of the molecule is N[PH](=O)[SiH3]. The minimum Gasteiger partial charge on any atom is -0.317 e. The molecule has 0 spiro atoms. The molecule has 0 amide bonds. The summed E-state index contributed by atoms with van der Waals surface area (Å²) in [6, 6.07) is 0. The molecule has 0 aliphatic rings. The van der Waals surface area contributed by atoms with Crippen LogP contribution in [0.5, 0.6) is 0 Å². The zero-order chi connectivity index (χ0) is 3.58. The van der Waals surface area contributed by atoms with Crippen LogP contribution in [0.4, 0.5) is 0 Å². The van der Waals surface area contributed by atoms with Crippen molar-refractivity contribution in [2.24, 2.45) is 5.50 Å². The highest BCUT2D eigenvalue weighted by molar-refractivity contribution is 7.69. The molecule has 0 radical (unpaired) electrons. The van der Waals surface area contributed by atoms with Crippen molar-refractivity contribution in [2.75, 3.05) is 0 Å². The van der Waals surface area contributed by atoms with Crippen LogP contribution in [-0.2, 0) is 4.57 Å². The molecular weight excluding hydrogens is 89.1 g/mol. The van der Waals surface area contributed by atoms with Crippen molar-refractivity contribution in [1.82, 2.24) is 0 Å². The summed E-state index contributed by atoms with van der Waals surface area (Å²) >= 11 is 0. The summed E-state index contributed by atoms with van der Waals surface area (Å²) < 4.78 is 9.47. The lowest BCUT2D eigenvalue weighted by atomic mass is 13.9. The van der Waals surface area contributed by atoms with E-state index in [1.54, 1.807) is 0 Å². The van der Waals surface area contributed by atoms with Gasteiger partial charge in [-0.05, 0) is 0 Å². The Morgan fingerprint density at radius 1 is 2.00 bits per heavy atom. The van der Waals surface area contributed by atoms with E-state index in [-0.39, 0.29) is 0 Å². The lowest BCUT2D eigenvalue weighted by Crippen LogP contribution is -1.69. The minimum absolute atomic E-state index is 0.673. The van der Waals surface area contributed by atoms with Crippen LogP contribution in [0.2, 0.25) is 0 Å². The number of hydrogen-bond acceptors (Lipinski definition) is 1. The summed E-state index contributed by atoms with van der Waals surface area (Å²) in [5.74, 6) is 0. The molecule has 0 fully saturated rings. The molecule has 1 unspecified atom stereocenters. The zero-order valence-corrected chi connectivity index (χ0v) is 5.49. The van der Waals surface area contributed by atoms with Crippen LogP contribution in [0, 0.1) is 0 Å². The molecule has 0 aromatic rings. The maximum absolute atomic E-state index is 9.47. The Bertz CT molecular complexity index is 31.0. The van der Waals surface area contributed by atoms with E-state index >= 15 is 0 Å². The maximum atomic E-state index is 9.47. The largest absolute Gasteiger partial charge is 0.317 e. The lowest BCUT2D eigenvalue weighted by molar-refractivity contribution is 0.596. The molecule has 0 aliphatic carbocycles. The Hall–Kier alpha value is 0.407. The minimum atomic E-state index is -1.49. The number of rotatable bonds is 0. The molecule has 0 aromatic heterocycles. The second-order valence-electron chi connectivity index (χ2n) is 0.611. The summed E-state index contributed by atoms with van der Waals surface area (Å²) in [5, 5.41) is 0. The van der Waals surface area contributed by atoms with Crippen LogP contribution < -0.4 is 5.50 Å². The van der Waals surface area contributed by atoms with E-state index in [0.717, 1.165) is 0 Å². The van der Waals surface area contributed by atoms with Gasteiger partial charge in [0, 0.05) is 0 Å². The van der Waals surface area contributed by atoms with Crippen LogP contribution in [-0.4, -0.2) is 9.91 Å². The van der Waals surface area contributed by atoms with E-state index in [2.05, 4.69) is 0 Å². The molecule has 0 aliphatic heterocycles. The summed E-state index contributed by atoms with van der Waals surface area (Å²) in [6.45, 7) is 0. The van der Waals surface area contributed by atoms with Crippen LogP contribution >= 0.6 is 7.50 Å². The topological polar surface area (TPSA) is 43.1 Å². The fraction of sp³-hybridized carbons (Fsp3) is 0. The predicted octanol–water partition coefficient (Wildman–Crippen LogP) is -1.30. The van der Waals surface area contributed by atoms with Crippen molar-refractivity contribution in [3.8, 4) is 0 Å². The first-order chi connectivity index (χ1) is 1.73. The molecule has 0 aromatic carbocycles. The van der Waals surface area contributed by atoms with Gasteiger partial charge in [0.05, 0.1) is 9.91 Å². The van der Waals surface area contributed by atoms with E-state index in [1.807, 2.05) is 0 Å². The van der Waals surface area contributed by atoms with Crippen molar-refractivity contribution < 1.29 is 4.57 Å². The number of nitrogens with two attached hydrogens (primary N) is 1. The van der Waals surface area contributed by atoms with E-state index in [0.29, 0.717) is 9.91 Å². The third kappa shape index (κ3) is 28.8. The maximum Gasteiger partial charge on any atom is 0.102 e. The highest BCUT2D eigenvalue weighted by Gasteiger charge is 1.58. The summed E-state index contributed by atoms with van der Waals surface area (Å²) in [4.78, 5) is 0. The van der Waals surface area contributed by atoms with Gasteiger partial charge in [-0.25, -0.2) is 0 Å². The van der Waals surface area contributed by atoms with E-state index in [9.17, 15) is 4.57 Å². The third-order valence-corrected chi connectivity index (χ3v) is 0. The fourth-order valence-corrected chi connectivity index (χ4v) is 0. The Labute approximate surface area is 28.5 Å². The van der Waals surface area contributed by atoms with Gasteiger partial charge in [0.1, 0.15) is 7.50 Å². The van der Waals surface area contributed by atoms with Gasteiger partial charge in [0.2, 0.25) is 0 Å². The van der Waals surface area contributed by atoms with Gasteiger partial charge in [-0.15, -0.1) is 0 Å². The van der Waals surface area contributed by atoms with Crippen molar-refractivity contribution in [3.63, 3.8) is 0 Å². The van der Waals surface area contributed by atoms with Crippen LogP contribution in [0.3, 0.4) is 0 Å². The molecular formula is H6NOPSi. The first-order valence-corrected chi connectivity index (χ1v) is 5.98.